The number of ketones is 1. The highest BCUT2D eigenvalue weighted by Gasteiger charge is 2.67. The first-order chi connectivity index (χ1) is 18.1. The van der Waals surface area contributed by atoms with E-state index in [-0.39, 0.29) is 57.5 Å². The second-order valence-electron chi connectivity index (χ2n) is 15.7. The van der Waals surface area contributed by atoms with Crippen LogP contribution in [-0.2, 0) is 23.9 Å². The molecule has 0 bridgehead atoms. The van der Waals surface area contributed by atoms with Gasteiger partial charge in [-0.05, 0) is 96.4 Å². The van der Waals surface area contributed by atoms with Crippen LogP contribution in [0.5, 0.6) is 0 Å². The van der Waals surface area contributed by atoms with Crippen LogP contribution in [0.1, 0.15) is 107 Å². The van der Waals surface area contributed by atoms with Gasteiger partial charge in [-0.1, -0.05) is 61.0 Å². The van der Waals surface area contributed by atoms with E-state index in [1.807, 2.05) is 6.92 Å². The van der Waals surface area contributed by atoms with E-state index in [0.29, 0.717) is 36.1 Å². The Kier molecular flexibility index (Phi) is 6.99. The molecule has 5 heteroatoms. The monoisotopic (exact) mass is 540 g/mol. The predicted octanol–water partition coefficient (Wildman–Crippen LogP) is 7.17. The summed E-state index contributed by atoms with van der Waals surface area (Å²) in [6, 6.07) is 0. The summed E-state index contributed by atoms with van der Waals surface area (Å²) in [5.74, 6) is 1.94. The maximum Gasteiger partial charge on any atom is 0.309 e. The average molecular weight is 541 g/mol. The fraction of sp³-hybridized carbons (Fsp3) is 0.853. The highest BCUT2D eigenvalue weighted by atomic mass is 16.5. The molecule has 0 amide bonds. The van der Waals surface area contributed by atoms with Crippen molar-refractivity contribution in [2.45, 2.75) is 113 Å². The third kappa shape index (κ3) is 4.18. The van der Waals surface area contributed by atoms with Crippen LogP contribution in [0, 0.1) is 63.1 Å². The first-order valence-corrected chi connectivity index (χ1v) is 15.7. The normalized spacial score (nSPS) is 46.5. The minimum absolute atomic E-state index is 0.00997. The molecule has 0 aromatic rings. The second kappa shape index (κ2) is 9.44. The molecule has 3 saturated carbocycles. The molecule has 0 N–H and O–H groups in total. The molecule has 5 rings (SSSR count). The number of carbonyl (C=O) groups is 3. The van der Waals surface area contributed by atoms with Gasteiger partial charge in [0.2, 0.25) is 0 Å². The van der Waals surface area contributed by atoms with Crippen molar-refractivity contribution in [1.82, 2.24) is 0 Å². The van der Waals surface area contributed by atoms with Gasteiger partial charge in [-0.25, -0.2) is 0 Å². The molecule has 0 spiro atoms. The zero-order valence-corrected chi connectivity index (χ0v) is 25.9. The topological polar surface area (TPSA) is 69.7 Å². The molecule has 11 atom stereocenters. The van der Waals surface area contributed by atoms with E-state index in [9.17, 15) is 14.4 Å². The Morgan fingerprint density at radius 3 is 2.44 bits per heavy atom. The highest BCUT2D eigenvalue weighted by molar-refractivity contribution is 5.94. The maximum atomic E-state index is 13.8. The van der Waals surface area contributed by atoms with E-state index in [2.05, 4.69) is 54.5 Å². The van der Waals surface area contributed by atoms with E-state index in [1.54, 1.807) is 0 Å². The van der Waals surface area contributed by atoms with Gasteiger partial charge in [-0.3, -0.25) is 14.4 Å². The molecule has 4 aliphatic carbocycles. The fourth-order valence-corrected chi connectivity index (χ4v) is 10.5. The molecule has 1 saturated heterocycles. The zero-order chi connectivity index (χ0) is 28.7. The number of carbonyl (C=O) groups excluding carboxylic acids is 3. The minimum Gasteiger partial charge on any atom is -0.465 e. The lowest BCUT2D eigenvalue weighted by Gasteiger charge is -2.62. The first kappa shape index (κ1) is 28.9. The lowest BCUT2D eigenvalue weighted by molar-refractivity contribution is -0.162. The summed E-state index contributed by atoms with van der Waals surface area (Å²) in [5.41, 5.74) is 1.44. The van der Waals surface area contributed by atoms with Crippen LogP contribution >= 0.6 is 0 Å². The predicted molar refractivity (Wildman–Crippen MR) is 151 cm³/mol. The van der Waals surface area contributed by atoms with Crippen LogP contribution in [0.15, 0.2) is 11.6 Å². The quantitative estimate of drug-likeness (QED) is 0.346. The van der Waals surface area contributed by atoms with Crippen molar-refractivity contribution in [2.24, 2.45) is 63.1 Å². The van der Waals surface area contributed by atoms with Crippen LogP contribution in [0.25, 0.3) is 0 Å². The van der Waals surface area contributed by atoms with Crippen LogP contribution < -0.4 is 0 Å². The molecular formula is C34H52O5. The molecule has 1 heterocycles. The fourth-order valence-electron chi connectivity index (χ4n) is 10.5. The lowest BCUT2D eigenvalue weighted by atomic mass is 9.42. The van der Waals surface area contributed by atoms with Crippen molar-refractivity contribution in [3.63, 3.8) is 0 Å². The average Bonchev–Trinajstić information content (AvgIpc) is 3.31. The molecule has 5 aliphatic rings. The Labute approximate surface area is 236 Å². The van der Waals surface area contributed by atoms with Gasteiger partial charge >= 0.3 is 11.9 Å². The number of cyclic esters (lactones) is 1. The van der Waals surface area contributed by atoms with Gasteiger partial charge in [-0.2, -0.15) is 0 Å². The Balaban J connectivity index is 1.43. The summed E-state index contributed by atoms with van der Waals surface area (Å²) in [7, 11) is 0. The summed E-state index contributed by atoms with van der Waals surface area (Å²) >= 11 is 0. The summed E-state index contributed by atoms with van der Waals surface area (Å²) in [6.07, 6.45) is 9.14. The van der Waals surface area contributed by atoms with Gasteiger partial charge in [0.25, 0.3) is 0 Å². The van der Waals surface area contributed by atoms with E-state index in [4.69, 9.17) is 9.47 Å². The number of hydrogen-bond donors (Lipinski definition) is 0. The second-order valence-corrected chi connectivity index (χ2v) is 15.7. The Morgan fingerprint density at radius 1 is 1.13 bits per heavy atom. The van der Waals surface area contributed by atoms with E-state index in [0.717, 1.165) is 38.5 Å². The summed E-state index contributed by atoms with van der Waals surface area (Å²) in [5, 5.41) is 0. The van der Waals surface area contributed by atoms with Gasteiger partial charge in [-0.15, -0.1) is 0 Å². The number of hydrogen-bond acceptors (Lipinski definition) is 5. The third-order valence-electron chi connectivity index (χ3n) is 13.7. The molecule has 5 nitrogen and oxygen atoms in total. The van der Waals surface area contributed by atoms with E-state index < -0.39 is 0 Å². The molecule has 0 radical (unpaired) electrons. The van der Waals surface area contributed by atoms with Crippen molar-refractivity contribution in [3.8, 4) is 0 Å². The van der Waals surface area contributed by atoms with Gasteiger partial charge in [0.05, 0.1) is 12.5 Å². The van der Waals surface area contributed by atoms with Crippen LogP contribution in [-0.4, -0.2) is 30.4 Å². The van der Waals surface area contributed by atoms with Gasteiger partial charge < -0.3 is 9.47 Å². The van der Waals surface area contributed by atoms with Crippen molar-refractivity contribution in [3.05, 3.63) is 11.6 Å². The summed E-state index contributed by atoms with van der Waals surface area (Å²) in [4.78, 5) is 37.8. The smallest absolute Gasteiger partial charge is 0.309 e. The van der Waals surface area contributed by atoms with E-state index in [1.165, 1.54) is 18.9 Å². The van der Waals surface area contributed by atoms with Crippen molar-refractivity contribution in [1.29, 1.82) is 0 Å². The van der Waals surface area contributed by atoms with Crippen LogP contribution in [0.4, 0.5) is 0 Å². The molecule has 0 aromatic heterocycles. The van der Waals surface area contributed by atoms with Gasteiger partial charge in [0.1, 0.15) is 6.10 Å². The summed E-state index contributed by atoms with van der Waals surface area (Å²) < 4.78 is 11.2. The van der Waals surface area contributed by atoms with Crippen molar-refractivity contribution >= 4 is 17.7 Å². The highest BCUT2D eigenvalue weighted by Crippen LogP contribution is 2.73. The SMILES string of the molecule is CC(=O)O[C@H]1C[C@]2(C)C3CC[C@]4(C)[C@@H](C(C)(C)[C@H](C)C[C@@H]5COC(=O)[C@H]5C)CC[C@@]4(C)C3=CC(=O)[C@@H]2C[C@H]1C. The van der Waals surface area contributed by atoms with Gasteiger partial charge in [0.15, 0.2) is 5.78 Å². The molecule has 1 unspecified atom stereocenters. The van der Waals surface area contributed by atoms with Crippen molar-refractivity contribution < 1.29 is 23.9 Å². The molecule has 1 aliphatic heterocycles. The minimum atomic E-state index is -0.215. The maximum absolute atomic E-state index is 13.8. The number of allylic oxidation sites excluding steroid dienone is 2. The molecule has 39 heavy (non-hydrogen) atoms. The van der Waals surface area contributed by atoms with Crippen LogP contribution in [0.2, 0.25) is 0 Å². The first-order valence-electron chi connectivity index (χ1n) is 15.7. The Morgan fingerprint density at radius 2 is 1.82 bits per heavy atom. The zero-order valence-electron chi connectivity index (χ0n) is 25.9. The lowest BCUT2D eigenvalue weighted by Crippen LogP contribution is -2.57. The van der Waals surface area contributed by atoms with Crippen molar-refractivity contribution in [2.75, 3.05) is 6.61 Å². The largest absolute Gasteiger partial charge is 0.465 e. The third-order valence-corrected chi connectivity index (χ3v) is 13.7. The Hall–Kier alpha value is -1.65. The number of esters is 2. The van der Waals surface area contributed by atoms with Crippen LogP contribution in [0.3, 0.4) is 0 Å². The number of ether oxygens (including phenoxy) is 2. The number of fused-ring (bicyclic) bond motifs is 5. The molecule has 0 aromatic carbocycles. The number of rotatable bonds is 5. The molecule has 4 fully saturated rings. The molecular weight excluding hydrogens is 488 g/mol. The van der Waals surface area contributed by atoms with Gasteiger partial charge in [0, 0.05) is 18.8 Å². The summed E-state index contributed by atoms with van der Waals surface area (Å²) in [6.45, 7) is 20.8. The molecule has 218 valence electrons. The Bertz CT molecular complexity index is 1070. The standard InChI is InChI=1S/C34H52O5/c1-19-14-26-27(36)16-25-24(32(26,7)17-28(19)39-22(4)35)10-12-34(9)29(11-13-33(25,34)8)31(5,6)20(2)15-23-18-38-30(37)21(23)3/h16,19-21,23-24,26,28-29H,10-15,17-18H2,1-9H3/t19-,20-,21+,23-,24?,26+,28+,29-,32-,33+,34-/m1/s1. The van der Waals surface area contributed by atoms with E-state index >= 15 is 0 Å².